The first-order valence-corrected chi connectivity index (χ1v) is 6.92. The van der Waals surface area contributed by atoms with Crippen molar-refractivity contribution in [1.29, 1.82) is 0 Å². The van der Waals surface area contributed by atoms with E-state index in [1.165, 1.54) is 7.11 Å². The number of nitrogens with two attached hydrogens (primary N) is 1. The Balaban J connectivity index is 0.00000220. The van der Waals surface area contributed by atoms with Gasteiger partial charge < -0.3 is 29.6 Å². The minimum Gasteiger partial charge on any atom is -0.809 e. The molecule has 0 saturated heterocycles. The molecule has 2 rings (SSSR count). The van der Waals surface area contributed by atoms with E-state index < -0.39 is 25.9 Å². The van der Waals surface area contributed by atoms with Crippen LogP contribution in [0.25, 0.3) is 11.2 Å². The fourth-order valence-corrected chi connectivity index (χ4v) is 1.82. The van der Waals surface area contributed by atoms with Crippen molar-refractivity contribution in [1.82, 2.24) is 19.5 Å². The van der Waals surface area contributed by atoms with E-state index in [1.54, 1.807) is 0 Å². The zero-order valence-corrected chi connectivity index (χ0v) is 17.1. The predicted molar refractivity (Wildman–Crippen MR) is 62.2 cm³/mol. The molecule has 0 aliphatic carbocycles. The van der Waals surface area contributed by atoms with E-state index >= 15 is 0 Å². The molecule has 110 valence electrons. The molecule has 22 heavy (non-hydrogen) atoms. The molecule has 0 aromatic carbocycles. The number of nitrogens with zero attached hydrogens (tertiary/aromatic N) is 3. The summed E-state index contributed by atoms with van der Waals surface area (Å²) in [6, 6.07) is 0. The SMILES string of the molecule is COC(OCP(=O)([O-])[O-])n1cnc2c(=O)[nH]c(N)nc21.[Na+].[Na+]. The second-order valence-electron chi connectivity index (χ2n) is 3.72. The summed E-state index contributed by atoms with van der Waals surface area (Å²) >= 11 is 0. The molecular weight excluding hydrogens is 339 g/mol. The topological polar surface area (TPSA) is 171 Å². The number of rotatable bonds is 5. The van der Waals surface area contributed by atoms with Gasteiger partial charge in [0.25, 0.3) is 5.56 Å². The van der Waals surface area contributed by atoms with Crippen LogP contribution in [0.3, 0.4) is 0 Å². The molecule has 0 aliphatic heterocycles. The Bertz CT molecular complexity index is 729. The molecule has 2 aromatic rings. The maximum absolute atomic E-state index is 11.6. The average Bonchev–Trinajstić information content (AvgIpc) is 2.73. The van der Waals surface area contributed by atoms with Gasteiger partial charge in [0.1, 0.15) is 6.33 Å². The molecule has 3 N–H and O–H groups in total. The second kappa shape index (κ2) is 8.90. The van der Waals surface area contributed by atoms with Gasteiger partial charge in [-0.1, -0.05) is 0 Å². The van der Waals surface area contributed by atoms with Crippen LogP contribution in [0, 0.1) is 0 Å². The Morgan fingerprint density at radius 2 is 2.14 bits per heavy atom. The molecule has 2 aromatic heterocycles. The zero-order valence-electron chi connectivity index (χ0n) is 12.2. The number of nitrogens with one attached hydrogen (secondary N) is 1. The first-order chi connectivity index (χ1) is 9.31. The molecule has 0 amide bonds. The van der Waals surface area contributed by atoms with Crippen LogP contribution in [0.2, 0.25) is 0 Å². The molecule has 0 spiro atoms. The summed E-state index contributed by atoms with van der Waals surface area (Å²) in [6.45, 7) is 0. The molecule has 0 aliphatic rings. The van der Waals surface area contributed by atoms with Gasteiger partial charge in [-0.3, -0.25) is 14.3 Å². The normalized spacial score (nSPS) is 12.5. The van der Waals surface area contributed by atoms with E-state index in [1.807, 2.05) is 0 Å². The number of hydrogen-bond acceptors (Lipinski definition) is 9. The number of aromatic nitrogens is 4. The standard InChI is InChI=1S/C8H12N5O6P.2Na/c1-18-8(19-3-20(15,16)17)13-2-10-4-5(13)11-7(9)12-6(4)14;;/h2,8H,3H2,1H3,(H2,15,16,17)(H3,9,11,12,14);;/q;2*+1/p-2. The quantitative estimate of drug-likeness (QED) is 0.302. The van der Waals surface area contributed by atoms with Crippen LogP contribution in [0.4, 0.5) is 5.95 Å². The van der Waals surface area contributed by atoms with E-state index in [0.29, 0.717) is 0 Å². The van der Waals surface area contributed by atoms with Gasteiger partial charge in [-0.25, -0.2) is 4.98 Å². The van der Waals surface area contributed by atoms with Crippen LogP contribution in [-0.4, -0.2) is 33.0 Å². The molecule has 0 saturated carbocycles. The fraction of sp³-hybridized carbons (Fsp3) is 0.375. The molecule has 0 radical (unpaired) electrons. The van der Waals surface area contributed by atoms with Crippen LogP contribution >= 0.6 is 7.60 Å². The summed E-state index contributed by atoms with van der Waals surface area (Å²) in [7, 11) is -3.65. The van der Waals surface area contributed by atoms with Gasteiger partial charge in [0.15, 0.2) is 11.2 Å². The molecule has 0 fully saturated rings. The maximum Gasteiger partial charge on any atom is 1.00 e. The van der Waals surface area contributed by atoms with Gasteiger partial charge in [0.2, 0.25) is 12.4 Å². The van der Waals surface area contributed by atoms with Crippen molar-refractivity contribution >= 4 is 24.7 Å². The number of imidazole rings is 1. The van der Waals surface area contributed by atoms with Gasteiger partial charge >= 0.3 is 59.1 Å². The number of aromatic amines is 1. The minimum absolute atomic E-state index is 0. The molecule has 11 nitrogen and oxygen atoms in total. The first-order valence-electron chi connectivity index (χ1n) is 5.19. The number of anilines is 1. The van der Waals surface area contributed by atoms with Gasteiger partial charge in [-0.05, 0) is 7.60 Å². The Kier molecular flexibility index (Phi) is 8.99. The zero-order chi connectivity index (χ0) is 14.9. The van der Waals surface area contributed by atoms with Crippen LogP contribution in [-0.2, 0) is 14.0 Å². The van der Waals surface area contributed by atoms with Crippen LogP contribution in [0.15, 0.2) is 11.1 Å². The van der Waals surface area contributed by atoms with E-state index in [9.17, 15) is 19.1 Å². The summed E-state index contributed by atoms with van der Waals surface area (Å²) in [5.41, 5.74) is 4.84. The van der Waals surface area contributed by atoms with Crippen LogP contribution < -0.4 is 80.2 Å². The molecule has 1 unspecified atom stereocenters. The Morgan fingerprint density at radius 1 is 1.50 bits per heavy atom. The number of methoxy groups -OCH3 is 1. The Hall–Kier alpha value is 0.220. The Labute approximate surface area is 168 Å². The number of nitrogen functional groups attached to an aromatic ring is 1. The van der Waals surface area contributed by atoms with Crippen molar-refractivity contribution in [3.05, 3.63) is 16.7 Å². The summed E-state index contributed by atoms with van der Waals surface area (Å²) in [5, 5.41) is 0. The summed E-state index contributed by atoms with van der Waals surface area (Å²) in [6.07, 6.45) is -1.21. The first kappa shape index (κ1) is 22.2. The van der Waals surface area contributed by atoms with Crippen molar-refractivity contribution in [2.24, 2.45) is 0 Å². The second-order valence-corrected chi connectivity index (χ2v) is 5.20. The molecule has 0 bridgehead atoms. The third-order valence-electron chi connectivity index (χ3n) is 2.25. The van der Waals surface area contributed by atoms with Crippen molar-refractivity contribution < 1.29 is 82.9 Å². The summed E-state index contributed by atoms with van der Waals surface area (Å²) < 4.78 is 21.4. The smallest absolute Gasteiger partial charge is 0.809 e. The predicted octanol–water partition coefficient (Wildman–Crippen LogP) is -8.30. The van der Waals surface area contributed by atoms with Gasteiger partial charge in [-0.2, -0.15) is 4.98 Å². The average molecular weight is 349 g/mol. The molecule has 1 atom stereocenters. The fourth-order valence-electron chi connectivity index (χ4n) is 1.51. The monoisotopic (exact) mass is 349 g/mol. The van der Waals surface area contributed by atoms with Gasteiger partial charge in [0, 0.05) is 7.11 Å². The molecular formula is C8H10N5Na2O6P. The largest absolute Gasteiger partial charge is 1.00 e. The van der Waals surface area contributed by atoms with Crippen molar-refractivity contribution in [3.8, 4) is 0 Å². The van der Waals surface area contributed by atoms with Gasteiger partial charge in [0.05, 0.1) is 6.35 Å². The van der Waals surface area contributed by atoms with Crippen molar-refractivity contribution in [2.45, 2.75) is 6.41 Å². The summed E-state index contributed by atoms with van der Waals surface area (Å²) in [5.74, 6) is -0.155. The summed E-state index contributed by atoms with van der Waals surface area (Å²) in [4.78, 5) is 42.6. The van der Waals surface area contributed by atoms with Crippen LogP contribution in [0.5, 0.6) is 0 Å². The third kappa shape index (κ3) is 5.39. The van der Waals surface area contributed by atoms with Gasteiger partial charge in [-0.15, -0.1) is 0 Å². The van der Waals surface area contributed by atoms with E-state index in [0.717, 1.165) is 10.9 Å². The van der Waals surface area contributed by atoms with Crippen molar-refractivity contribution in [3.63, 3.8) is 0 Å². The number of hydrogen-bond donors (Lipinski definition) is 2. The van der Waals surface area contributed by atoms with E-state index in [4.69, 9.17) is 15.2 Å². The van der Waals surface area contributed by atoms with E-state index in [2.05, 4.69) is 15.0 Å². The number of H-pyrrole nitrogens is 1. The Morgan fingerprint density at radius 3 is 2.68 bits per heavy atom. The van der Waals surface area contributed by atoms with Crippen molar-refractivity contribution in [2.75, 3.05) is 19.2 Å². The van der Waals surface area contributed by atoms with E-state index in [-0.39, 0.29) is 76.2 Å². The minimum atomic E-state index is -4.86. The third-order valence-corrected chi connectivity index (χ3v) is 2.72. The maximum atomic E-state index is 11.6. The number of ether oxygens (including phenoxy) is 2. The number of fused-ring (bicyclic) bond motifs is 1. The molecule has 14 heteroatoms. The van der Waals surface area contributed by atoms with Crippen LogP contribution in [0.1, 0.15) is 6.41 Å². The molecule has 2 heterocycles.